The number of carbonyl (C=O) groups excluding carboxylic acids is 2. The smallest absolute Gasteiger partial charge is 0.409 e. The number of terminal acetylenes is 2. The number of piperazine rings is 2. The van der Waals surface area contributed by atoms with E-state index in [1.807, 2.05) is 36.4 Å². The molecule has 2 aliphatic heterocycles. The second-order valence-corrected chi connectivity index (χ2v) is 12.7. The van der Waals surface area contributed by atoms with Gasteiger partial charge in [0.15, 0.2) is 0 Å². The van der Waals surface area contributed by atoms with Crippen LogP contribution < -0.4 is 16.0 Å². The lowest BCUT2D eigenvalue weighted by Crippen LogP contribution is -2.48. The molecule has 0 atom stereocenters. The molecule has 2 aliphatic rings. The highest BCUT2D eigenvalue weighted by molar-refractivity contribution is 6.18. The van der Waals surface area contributed by atoms with Gasteiger partial charge in [-0.2, -0.15) is 0 Å². The molecule has 6 rings (SSSR count). The van der Waals surface area contributed by atoms with Crippen LogP contribution in [0.5, 0.6) is 11.5 Å². The number of benzene rings is 2. The molecule has 2 aromatic carbocycles. The van der Waals surface area contributed by atoms with E-state index in [4.69, 9.17) is 33.9 Å². The van der Waals surface area contributed by atoms with Crippen molar-refractivity contribution in [3.8, 4) is 36.2 Å². The molecule has 302 valence electrons. The van der Waals surface area contributed by atoms with Crippen molar-refractivity contribution in [2.45, 2.75) is 19.9 Å². The second-order valence-electron chi connectivity index (χ2n) is 12.4. The van der Waals surface area contributed by atoms with Crippen LogP contribution in [0.3, 0.4) is 0 Å². The number of aromatic nitrogens is 2. The molecule has 0 spiro atoms. The van der Waals surface area contributed by atoms with Crippen molar-refractivity contribution in [2.24, 2.45) is 0 Å². The molecule has 14 nitrogen and oxygen atoms in total. The number of fused-ring (bicyclic) bond motifs is 2. The van der Waals surface area contributed by atoms with Crippen LogP contribution >= 0.6 is 11.6 Å². The molecule has 2 fully saturated rings. The normalized spacial score (nSPS) is 13.8. The van der Waals surface area contributed by atoms with Gasteiger partial charge in [-0.3, -0.25) is 14.9 Å². The fourth-order valence-electron chi connectivity index (χ4n) is 5.79. The Bertz CT molecular complexity index is 1910. The number of aromatic hydroxyl groups is 2. The average molecular weight is 791 g/mol. The molecule has 2 saturated heterocycles. The molecule has 4 heterocycles. The van der Waals surface area contributed by atoms with E-state index in [1.165, 1.54) is 0 Å². The number of carbonyl (C=O) groups is 2. The minimum Gasteiger partial charge on any atom is -0.506 e. The number of phenolic OH excluding ortho intramolecular Hbond substituents is 2. The number of phenols is 2. The number of rotatable bonds is 11. The molecule has 4 aromatic rings. The first kappa shape index (κ1) is 45.0. The lowest BCUT2D eigenvalue weighted by Gasteiger charge is -2.34. The van der Waals surface area contributed by atoms with Crippen LogP contribution in [0.15, 0.2) is 60.9 Å². The van der Waals surface area contributed by atoms with E-state index in [-0.39, 0.29) is 32.5 Å². The Balaban J connectivity index is 0.000000317. The highest BCUT2D eigenvalue weighted by Crippen LogP contribution is 2.27. The predicted octanol–water partition coefficient (Wildman–Crippen LogP) is 4.23. The number of halogens is 1. The van der Waals surface area contributed by atoms with Gasteiger partial charge in [0.25, 0.3) is 0 Å². The Morgan fingerprint density at radius 1 is 0.768 bits per heavy atom. The molecule has 0 radical (unpaired) electrons. The molecule has 0 saturated carbocycles. The van der Waals surface area contributed by atoms with Crippen LogP contribution in [-0.4, -0.2) is 139 Å². The zero-order valence-electron chi connectivity index (χ0n) is 30.9. The molecule has 15 heteroatoms. The van der Waals surface area contributed by atoms with Gasteiger partial charge in [0.05, 0.1) is 13.1 Å². The van der Waals surface area contributed by atoms with Crippen LogP contribution in [0.25, 0.3) is 21.8 Å². The summed E-state index contributed by atoms with van der Waals surface area (Å²) in [6.45, 7) is 9.47. The van der Waals surface area contributed by atoms with Crippen molar-refractivity contribution in [2.75, 3.05) is 91.8 Å². The summed E-state index contributed by atoms with van der Waals surface area (Å²) in [5.74, 6) is 5.75. The Labute approximate surface area is 336 Å². The van der Waals surface area contributed by atoms with E-state index < -0.39 is 0 Å². The summed E-state index contributed by atoms with van der Waals surface area (Å²) in [4.78, 5) is 37.6. The number of amides is 2. The van der Waals surface area contributed by atoms with E-state index >= 15 is 0 Å². The molecular formula is C41H55ClN8O6. The predicted molar refractivity (Wildman–Crippen MR) is 223 cm³/mol. The summed E-state index contributed by atoms with van der Waals surface area (Å²) >= 11 is 5.75. The molecule has 0 aliphatic carbocycles. The van der Waals surface area contributed by atoms with Gasteiger partial charge in [-0.15, -0.1) is 24.4 Å². The van der Waals surface area contributed by atoms with Gasteiger partial charge >= 0.3 is 12.2 Å². The lowest BCUT2D eigenvalue weighted by atomic mass is 10.1. The number of nitrogens with one attached hydrogen (secondary N) is 3. The molecule has 0 unspecified atom stereocenters. The lowest BCUT2D eigenvalue weighted by molar-refractivity contribution is 0.0753. The number of hydrogen-bond acceptors (Lipinski definition) is 12. The summed E-state index contributed by atoms with van der Waals surface area (Å²) in [6.07, 6.45) is 13.0. The number of hydrogen-bond donors (Lipinski definition) is 5. The van der Waals surface area contributed by atoms with Crippen LogP contribution in [-0.2, 0) is 21.9 Å². The Kier molecular flexibility index (Phi) is 20.1. The number of nitrogens with zero attached hydrogens (tertiary/aromatic N) is 5. The van der Waals surface area contributed by atoms with Gasteiger partial charge < -0.3 is 45.4 Å². The Morgan fingerprint density at radius 3 is 1.75 bits per heavy atom. The Morgan fingerprint density at radius 2 is 1.25 bits per heavy atom. The van der Waals surface area contributed by atoms with Crippen LogP contribution in [0, 0.1) is 24.7 Å². The summed E-state index contributed by atoms with van der Waals surface area (Å²) in [7, 11) is 0. The monoisotopic (exact) mass is 790 g/mol. The highest BCUT2D eigenvalue weighted by atomic mass is 35.5. The quantitative estimate of drug-likeness (QED) is 0.0836. The molecule has 56 heavy (non-hydrogen) atoms. The maximum absolute atomic E-state index is 12.1. The number of ether oxygens (including phenoxy) is 2. The van der Waals surface area contributed by atoms with E-state index in [1.54, 1.807) is 34.3 Å². The first-order chi connectivity index (χ1) is 26.9. The highest BCUT2D eigenvalue weighted by Gasteiger charge is 2.23. The van der Waals surface area contributed by atoms with E-state index in [0.717, 1.165) is 67.7 Å². The van der Waals surface area contributed by atoms with Crippen molar-refractivity contribution in [1.82, 2.24) is 40.6 Å². The van der Waals surface area contributed by atoms with Crippen LogP contribution in [0.1, 0.15) is 20.0 Å². The van der Waals surface area contributed by atoms with Crippen molar-refractivity contribution in [3.05, 3.63) is 72.1 Å². The zero-order valence-corrected chi connectivity index (χ0v) is 31.6. The molecule has 5 N–H and O–H groups in total. The average Bonchev–Trinajstić information content (AvgIpc) is 3.23. The van der Waals surface area contributed by atoms with Crippen LogP contribution in [0.4, 0.5) is 9.59 Å². The first-order valence-electron chi connectivity index (χ1n) is 18.1. The third-order valence-corrected chi connectivity index (χ3v) is 8.97. The van der Waals surface area contributed by atoms with E-state index in [9.17, 15) is 19.8 Å². The Hall–Kier alpha value is -5.35. The van der Waals surface area contributed by atoms with Gasteiger partial charge in [0.2, 0.25) is 0 Å². The van der Waals surface area contributed by atoms with Gasteiger partial charge in [-0.05, 0) is 35.4 Å². The SMILES string of the molecule is C.C#CCNCCOC(=O)N1CCN(Cc2ccc(O)c3ncccc23)CC1.C#CCNCCOC(=O)N1CCNCC1.Oc1ccc(CCl)c2cccnc12.[HH]. The number of pyridine rings is 2. The summed E-state index contributed by atoms with van der Waals surface area (Å²) in [5.41, 5.74) is 3.34. The third kappa shape index (κ3) is 14.1. The summed E-state index contributed by atoms with van der Waals surface area (Å²) in [6, 6.07) is 14.6. The molecule has 0 bridgehead atoms. The molecule has 2 amide bonds. The van der Waals surface area contributed by atoms with Gasteiger partial charge in [-0.1, -0.05) is 43.5 Å². The van der Waals surface area contributed by atoms with Gasteiger partial charge in [-0.25, -0.2) is 9.59 Å². The fourth-order valence-corrected chi connectivity index (χ4v) is 6.02. The number of alkyl halides is 1. The molecular weight excluding hydrogens is 736 g/mol. The minimum atomic E-state index is -0.281. The van der Waals surface area contributed by atoms with Crippen molar-refractivity contribution >= 4 is 45.6 Å². The van der Waals surface area contributed by atoms with Crippen molar-refractivity contribution in [1.29, 1.82) is 0 Å². The van der Waals surface area contributed by atoms with E-state index in [2.05, 4.69) is 42.7 Å². The van der Waals surface area contributed by atoms with Gasteiger partial charge in [0.1, 0.15) is 35.7 Å². The topological polar surface area (TPSA) is 165 Å². The van der Waals surface area contributed by atoms with Crippen molar-refractivity contribution < 1.29 is 30.7 Å². The van der Waals surface area contributed by atoms with Crippen LogP contribution in [0.2, 0.25) is 0 Å². The maximum Gasteiger partial charge on any atom is 0.409 e. The standard InChI is InChI=1S/C20H24N4O3.C10H8ClNO.C10H17N3O2.CH4.H2/c1-2-7-21-9-14-27-20(26)24-12-10-23(11-13-24)15-16-5-6-18(25)19-17(16)4-3-8-22-19;11-6-7-3-4-9(13)10-8(7)2-1-5-12-10;1-2-3-11-6-9-15-10(14)13-7-4-12-5-8-13;;/h1,3-6,8,21,25H,7,9-15H2;1-5,13H,6H2;1,11-12H,3-9H2;1H4;1H. The van der Waals surface area contributed by atoms with E-state index in [0.29, 0.717) is 69.4 Å². The second kappa shape index (κ2) is 24.9. The van der Waals surface area contributed by atoms with Gasteiger partial charge in [0, 0.05) is 102 Å². The first-order valence-corrected chi connectivity index (χ1v) is 18.6. The largest absolute Gasteiger partial charge is 0.506 e. The third-order valence-electron chi connectivity index (χ3n) is 8.68. The summed E-state index contributed by atoms with van der Waals surface area (Å²) in [5, 5.41) is 30.4. The minimum absolute atomic E-state index is 0. The zero-order chi connectivity index (χ0) is 39.3. The van der Waals surface area contributed by atoms with Crippen molar-refractivity contribution in [3.63, 3.8) is 0 Å². The maximum atomic E-state index is 12.1. The molecule has 2 aromatic heterocycles. The summed E-state index contributed by atoms with van der Waals surface area (Å²) < 4.78 is 10.3. The fraction of sp³-hybridized carbons (Fsp3) is 0.415.